The molecule has 1 aromatic heterocycles. The van der Waals surface area contributed by atoms with Crippen molar-refractivity contribution >= 4 is 29.0 Å². The highest BCUT2D eigenvalue weighted by atomic mass is 32.2. The van der Waals surface area contributed by atoms with Crippen LogP contribution >= 0.6 is 11.8 Å². The lowest BCUT2D eigenvalue weighted by Crippen LogP contribution is -2.15. The number of carbonyl (C=O) groups is 1. The molecule has 0 aliphatic carbocycles. The SMILES string of the molecule is CCOc1ccc(NC(=O)CSc2nnc(C(C)C)o2)c([N+](=O)[O-])c1. The lowest BCUT2D eigenvalue weighted by Gasteiger charge is -2.07. The van der Waals surface area contributed by atoms with Gasteiger partial charge in [0.25, 0.3) is 10.9 Å². The number of anilines is 1. The van der Waals surface area contributed by atoms with E-state index in [4.69, 9.17) is 9.15 Å². The standard InChI is InChI=1S/C15H18N4O5S/c1-4-23-10-5-6-11(12(7-10)19(21)22)16-13(20)8-25-15-18-17-14(24-15)9(2)3/h5-7,9H,4,8H2,1-3H3,(H,16,20). The summed E-state index contributed by atoms with van der Waals surface area (Å²) in [6, 6.07) is 4.28. The van der Waals surface area contributed by atoms with Crippen molar-refractivity contribution in [1.82, 2.24) is 10.2 Å². The zero-order valence-electron chi connectivity index (χ0n) is 14.0. The van der Waals surface area contributed by atoms with Gasteiger partial charge in [0, 0.05) is 5.92 Å². The van der Waals surface area contributed by atoms with E-state index in [1.807, 2.05) is 13.8 Å². The maximum atomic E-state index is 12.0. The Morgan fingerprint density at radius 2 is 2.20 bits per heavy atom. The number of rotatable bonds is 8. The van der Waals surface area contributed by atoms with E-state index in [2.05, 4.69) is 15.5 Å². The van der Waals surface area contributed by atoms with Gasteiger partial charge in [0.2, 0.25) is 11.8 Å². The summed E-state index contributed by atoms with van der Waals surface area (Å²) in [5.74, 6) is 0.534. The Labute approximate surface area is 148 Å². The Hall–Kier alpha value is -2.62. The van der Waals surface area contributed by atoms with Gasteiger partial charge >= 0.3 is 0 Å². The molecule has 10 heteroatoms. The van der Waals surface area contributed by atoms with Gasteiger partial charge in [-0.1, -0.05) is 25.6 Å². The van der Waals surface area contributed by atoms with Crippen LogP contribution < -0.4 is 10.1 Å². The number of hydrogen-bond donors (Lipinski definition) is 1. The zero-order chi connectivity index (χ0) is 18.4. The van der Waals surface area contributed by atoms with E-state index >= 15 is 0 Å². The van der Waals surface area contributed by atoms with Gasteiger partial charge in [-0.2, -0.15) is 0 Å². The Kier molecular flexibility index (Phi) is 6.34. The number of nitrogens with one attached hydrogen (secondary N) is 1. The predicted octanol–water partition coefficient (Wildman–Crippen LogP) is 3.23. The fraction of sp³-hybridized carbons (Fsp3) is 0.400. The summed E-state index contributed by atoms with van der Waals surface area (Å²) >= 11 is 1.06. The second-order valence-electron chi connectivity index (χ2n) is 5.27. The average Bonchev–Trinajstić information content (AvgIpc) is 3.04. The van der Waals surface area contributed by atoms with Crippen molar-refractivity contribution < 1.29 is 18.9 Å². The van der Waals surface area contributed by atoms with Crippen molar-refractivity contribution in [3.63, 3.8) is 0 Å². The Balaban J connectivity index is 2.00. The third-order valence-electron chi connectivity index (χ3n) is 2.99. The molecule has 25 heavy (non-hydrogen) atoms. The molecule has 1 aromatic carbocycles. The van der Waals surface area contributed by atoms with Gasteiger partial charge in [-0.05, 0) is 19.1 Å². The molecule has 0 bridgehead atoms. The monoisotopic (exact) mass is 366 g/mol. The first kappa shape index (κ1) is 18.7. The molecule has 2 rings (SSSR count). The van der Waals surface area contributed by atoms with E-state index in [0.717, 1.165) is 11.8 Å². The van der Waals surface area contributed by atoms with Gasteiger partial charge in [-0.15, -0.1) is 10.2 Å². The van der Waals surface area contributed by atoms with Gasteiger partial charge in [-0.3, -0.25) is 14.9 Å². The average molecular weight is 366 g/mol. The molecular weight excluding hydrogens is 348 g/mol. The van der Waals surface area contributed by atoms with Crippen LogP contribution in [0.25, 0.3) is 0 Å². The lowest BCUT2D eigenvalue weighted by molar-refractivity contribution is -0.384. The Bertz CT molecular complexity index is 762. The quantitative estimate of drug-likeness (QED) is 0.429. The fourth-order valence-electron chi connectivity index (χ4n) is 1.85. The molecule has 0 saturated carbocycles. The molecule has 0 spiro atoms. The summed E-state index contributed by atoms with van der Waals surface area (Å²) in [7, 11) is 0. The van der Waals surface area contributed by atoms with Crippen LogP contribution in [0.1, 0.15) is 32.6 Å². The van der Waals surface area contributed by atoms with Crippen molar-refractivity contribution in [2.24, 2.45) is 0 Å². The Morgan fingerprint density at radius 3 is 2.80 bits per heavy atom. The van der Waals surface area contributed by atoms with Crippen molar-refractivity contribution in [2.45, 2.75) is 31.9 Å². The molecule has 0 atom stereocenters. The minimum absolute atomic E-state index is 0.00983. The lowest BCUT2D eigenvalue weighted by atomic mass is 10.2. The number of nitro benzene ring substituents is 1. The normalized spacial score (nSPS) is 10.7. The number of nitro groups is 1. The van der Waals surface area contributed by atoms with Gasteiger partial charge < -0.3 is 14.5 Å². The molecule has 0 aliphatic heterocycles. The van der Waals surface area contributed by atoms with Gasteiger partial charge in [0.15, 0.2) is 0 Å². The maximum Gasteiger partial charge on any atom is 0.296 e. The van der Waals surface area contributed by atoms with Crippen LogP contribution in [0.2, 0.25) is 0 Å². The largest absolute Gasteiger partial charge is 0.494 e. The van der Waals surface area contributed by atoms with Crippen LogP contribution in [-0.2, 0) is 4.79 Å². The number of hydrogen-bond acceptors (Lipinski definition) is 8. The minimum Gasteiger partial charge on any atom is -0.494 e. The summed E-state index contributed by atoms with van der Waals surface area (Å²) in [6.45, 7) is 6.00. The number of benzene rings is 1. The van der Waals surface area contributed by atoms with Crippen molar-refractivity contribution in [2.75, 3.05) is 17.7 Å². The minimum atomic E-state index is -0.571. The van der Waals surface area contributed by atoms with Crippen molar-refractivity contribution in [1.29, 1.82) is 0 Å². The fourth-order valence-corrected chi connectivity index (χ4v) is 2.42. The third kappa shape index (κ3) is 5.18. The molecule has 1 amide bonds. The second-order valence-corrected chi connectivity index (χ2v) is 6.19. The number of thioether (sulfide) groups is 1. The highest BCUT2D eigenvalue weighted by Crippen LogP contribution is 2.29. The van der Waals surface area contributed by atoms with Gasteiger partial charge in [0.05, 0.1) is 23.3 Å². The highest BCUT2D eigenvalue weighted by molar-refractivity contribution is 7.99. The number of aromatic nitrogens is 2. The molecule has 2 aromatic rings. The number of ether oxygens (including phenoxy) is 1. The zero-order valence-corrected chi connectivity index (χ0v) is 14.8. The smallest absolute Gasteiger partial charge is 0.296 e. The molecule has 0 saturated heterocycles. The van der Waals surface area contributed by atoms with Crippen LogP contribution in [-0.4, -0.2) is 33.4 Å². The summed E-state index contributed by atoms with van der Waals surface area (Å²) in [5, 5.41) is 21.7. The molecule has 1 N–H and O–H groups in total. The van der Waals surface area contributed by atoms with Crippen LogP contribution in [0.3, 0.4) is 0 Å². The molecule has 0 unspecified atom stereocenters. The van der Waals surface area contributed by atoms with Crippen LogP contribution in [0, 0.1) is 10.1 Å². The molecule has 1 heterocycles. The molecule has 0 aliphatic rings. The molecule has 0 radical (unpaired) electrons. The van der Waals surface area contributed by atoms with Crippen LogP contribution in [0.15, 0.2) is 27.8 Å². The van der Waals surface area contributed by atoms with E-state index < -0.39 is 10.8 Å². The first-order chi connectivity index (χ1) is 11.9. The van der Waals surface area contributed by atoms with E-state index in [1.165, 1.54) is 12.1 Å². The van der Waals surface area contributed by atoms with Crippen LogP contribution in [0.5, 0.6) is 5.75 Å². The van der Waals surface area contributed by atoms with Crippen molar-refractivity contribution in [3.8, 4) is 5.75 Å². The number of nitrogens with zero attached hydrogens (tertiary/aromatic N) is 3. The summed E-state index contributed by atoms with van der Waals surface area (Å²) in [4.78, 5) is 22.6. The van der Waals surface area contributed by atoms with E-state index in [1.54, 1.807) is 13.0 Å². The topological polar surface area (TPSA) is 120 Å². The molecule has 134 valence electrons. The molecular formula is C15H18N4O5S. The summed E-state index contributed by atoms with van der Waals surface area (Å²) < 4.78 is 10.6. The van der Waals surface area contributed by atoms with E-state index in [0.29, 0.717) is 18.2 Å². The van der Waals surface area contributed by atoms with Gasteiger partial charge in [-0.25, -0.2) is 0 Å². The first-order valence-electron chi connectivity index (χ1n) is 7.58. The summed E-state index contributed by atoms with van der Waals surface area (Å²) in [5.41, 5.74) is -0.128. The highest BCUT2D eigenvalue weighted by Gasteiger charge is 2.18. The predicted molar refractivity (Wildman–Crippen MR) is 92.0 cm³/mol. The first-order valence-corrected chi connectivity index (χ1v) is 8.56. The van der Waals surface area contributed by atoms with E-state index in [-0.39, 0.29) is 28.3 Å². The molecule has 0 fully saturated rings. The van der Waals surface area contributed by atoms with Gasteiger partial charge in [0.1, 0.15) is 11.4 Å². The van der Waals surface area contributed by atoms with Crippen LogP contribution in [0.4, 0.5) is 11.4 Å². The second kappa shape index (κ2) is 8.47. The Morgan fingerprint density at radius 1 is 1.44 bits per heavy atom. The molecule has 9 nitrogen and oxygen atoms in total. The van der Waals surface area contributed by atoms with Crippen molar-refractivity contribution in [3.05, 3.63) is 34.2 Å². The third-order valence-corrected chi connectivity index (χ3v) is 3.81. The number of carbonyl (C=O) groups excluding carboxylic acids is 1. The maximum absolute atomic E-state index is 12.0. The number of amides is 1. The summed E-state index contributed by atoms with van der Waals surface area (Å²) in [6.07, 6.45) is 0. The van der Waals surface area contributed by atoms with E-state index in [9.17, 15) is 14.9 Å².